The fourth-order valence-electron chi connectivity index (χ4n) is 4.14. The highest BCUT2D eigenvalue weighted by molar-refractivity contribution is 6.30. The Morgan fingerprint density at radius 3 is 2.50 bits per heavy atom. The van der Waals surface area contributed by atoms with Crippen molar-refractivity contribution in [1.29, 1.82) is 0 Å². The Morgan fingerprint density at radius 1 is 1.03 bits per heavy atom. The third-order valence-corrected chi connectivity index (χ3v) is 6.24. The molecule has 4 rings (SSSR count). The second-order valence-electron chi connectivity index (χ2n) is 8.43. The van der Waals surface area contributed by atoms with Crippen LogP contribution in [-0.4, -0.2) is 28.0 Å². The SMILES string of the molecule is Cc1cc2nc(C=Cc3ccc(Cl)cc3)nc(NC3CCCCC3N=C(N)N)c2cc1C. The van der Waals surface area contributed by atoms with Gasteiger partial charge in [-0.1, -0.05) is 42.7 Å². The molecule has 7 heteroatoms. The zero-order valence-electron chi connectivity index (χ0n) is 18.5. The molecule has 2 atom stereocenters. The number of anilines is 1. The molecule has 0 spiro atoms. The summed E-state index contributed by atoms with van der Waals surface area (Å²) in [5.41, 5.74) is 15.7. The molecule has 166 valence electrons. The van der Waals surface area contributed by atoms with E-state index in [1.54, 1.807) is 0 Å². The molecule has 0 saturated heterocycles. The standard InChI is InChI=1S/C25H29ClN6/c1-15-13-19-22(14-16(15)2)29-23(12-9-17-7-10-18(26)11-8-17)32-24(19)30-20-5-3-4-6-21(20)31-25(27)28/h7-14,20-21H,3-6H2,1-2H3,(H4,27,28,31)(H,29,30,32). The second-order valence-corrected chi connectivity index (χ2v) is 8.86. The quantitative estimate of drug-likeness (QED) is 0.373. The summed E-state index contributed by atoms with van der Waals surface area (Å²) < 4.78 is 0. The van der Waals surface area contributed by atoms with E-state index in [0.717, 1.165) is 48.0 Å². The van der Waals surface area contributed by atoms with Crippen LogP contribution in [0.4, 0.5) is 5.82 Å². The van der Waals surface area contributed by atoms with Gasteiger partial charge in [-0.25, -0.2) is 15.0 Å². The molecule has 2 aromatic carbocycles. The molecule has 2 unspecified atom stereocenters. The van der Waals surface area contributed by atoms with Gasteiger partial charge in [0.15, 0.2) is 11.8 Å². The Kier molecular flexibility index (Phi) is 6.61. The van der Waals surface area contributed by atoms with E-state index >= 15 is 0 Å². The van der Waals surface area contributed by atoms with Gasteiger partial charge in [-0.2, -0.15) is 0 Å². The molecule has 1 saturated carbocycles. The molecule has 6 nitrogen and oxygen atoms in total. The van der Waals surface area contributed by atoms with Crippen LogP contribution < -0.4 is 16.8 Å². The Labute approximate surface area is 193 Å². The van der Waals surface area contributed by atoms with Gasteiger partial charge in [-0.15, -0.1) is 0 Å². The number of rotatable bonds is 5. The molecule has 5 N–H and O–H groups in total. The minimum absolute atomic E-state index is 0.0402. The van der Waals surface area contributed by atoms with Crippen molar-refractivity contribution in [2.75, 3.05) is 5.32 Å². The molecule has 32 heavy (non-hydrogen) atoms. The minimum atomic E-state index is 0.0402. The number of aliphatic imine (C=N–C) groups is 1. The minimum Gasteiger partial charge on any atom is -0.370 e. The third kappa shape index (κ3) is 5.19. The van der Waals surface area contributed by atoms with Gasteiger partial charge < -0.3 is 16.8 Å². The van der Waals surface area contributed by atoms with Crippen LogP contribution >= 0.6 is 11.6 Å². The van der Waals surface area contributed by atoms with Gasteiger partial charge in [-0.3, -0.25) is 0 Å². The molecule has 3 aromatic rings. The summed E-state index contributed by atoms with van der Waals surface area (Å²) in [5, 5.41) is 5.37. The van der Waals surface area contributed by atoms with Crippen molar-refractivity contribution in [3.8, 4) is 0 Å². The van der Waals surface area contributed by atoms with Gasteiger partial charge >= 0.3 is 0 Å². The van der Waals surface area contributed by atoms with Crippen LogP contribution in [-0.2, 0) is 0 Å². The molecule has 0 radical (unpaired) electrons. The van der Waals surface area contributed by atoms with Crippen molar-refractivity contribution in [2.24, 2.45) is 16.5 Å². The first kappa shape index (κ1) is 22.1. The molecule has 0 amide bonds. The van der Waals surface area contributed by atoms with E-state index in [4.69, 9.17) is 33.0 Å². The monoisotopic (exact) mass is 448 g/mol. The highest BCUT2D eigenvalue weighted by Gasteiger charge is 2.26. The number of benzene rings is 2. The van der Waals surface area contributed by atoms with E-state index < -0.39 is 0 Å². The van der Waals surface area contributed by atoms with Crippen molar-refractivity contribution in [3.63, 3.8) is 0 Å². The van der Waals surface area contributed by atoms with E-state index in [1.807, 2.05) is 36.4 Å². The van der Waals surface area contributed by atoms with Gasteiger partial charge in [0.1, 0.15) is 5.82 Å². The van der Waals surface area contributed by atoms with Gasteiger partial charge in [-0.05, 0) is 73.7 Å². The van der Waals surface area contributed by atoms with Crippen molar-refractivity contribution >= 4 is 46.4 Å². The van der Waals surface area contributed by atoms with Gasteiger partial charge in [0.2, 0.25) is 0 Å². The molecule has 0 aliphatic heterocycles. The van der Waals surface area contributed by atoms with Crippen LogP contribution in [0.1, 0.15) is 48.2 Å². The molecular formula is C25H29ClN6. The van der Waals surface area contributed by atoms with Crippen LogP contribution in [0.15, 0.2) is 41.4 Å². The number of aromatic nitrogens is 2. The number of halogens is 1. The number of aryl methyl sites for hydroxylation is 2. The lowest BCUT2D eigenvalue weighted by Crippen LogP contribution is -2.38. The average Bonchev–Trinajstić information content (AvgIpc) is 2.75. The van der Waals surface area contributed by atoms with Crippen LogP contribution in [0.3, 0.4) is 0 Å². The molecule has 1 aliphatic rings. The summed E-state index contributed by atoms with van der Waals surface area (Å²) in [6.45, 7) is 4.21. The maximum atomic E-state index is 6.00. The number of hydrogen-bond donors (Lipinski definition) is 3. The van der Waals surface area contributed by atoms with Gasteiger partial charge in [0.25, 0.3) is 0 Å². The van der Waals surface area contributed by atoms with E-state index in [-0.39, 0.29) is 18.0 Å². The van der Waals surface area contributed by atoms with E-state index in [0.29, 0.717) is 10.8 Å². The van der Waals surface area contributed by atoms with Gasteiger partial charge in [0.05, 0.1) is 17.6 Å². The van der Waals surface area contributed by atoms with E-state index in [2.05, 4.69) is 36.3 Å². The lowest BCUT2D eigenvalue weighted by Gasteiger charge is -2.30. The highest BCUT2D eigenvalue weighted by atomic mass is 35.5. The Hall–Kier alpha value is -3.12. The maximum absolute atomic E-state index is 6.00. The fraction of sp³-hybridized carbons (Fsp3) is 0.320. The van der Waals surface area contributed by atoms with Crippen molar-refractivity contribution in [2.45, 2.75) is 51.6 Å². The molecule has 0 bridgehead atoms. The molecule has 1 aliphatic carbocycles. The van der Waals surface area contributed by atoms with E-state index in [1.165, 1.54) is 11.1 Å². The molecule has 1 fully saturated rings. The summed E-state index contributed by atoms with van der Waals surface area (Å²) in [6, 6.07) is 12.1. The Bertz CT molecular complexity index is 1170. The van der Waals surface area contributed by atoms with Crippen LogP contribution in [0, 0.1) is 13.8 Å². The first-order valence-corrected chi connectivity index (χ1v) is 11.3. The smallest absolute Gasteiger partial charge is 0.186 e. The zero-order valence-corrected chi connectivity index (χ0v) is 19.2. The molecular weight excluding hydrogens is 420 g/mol. The normalized spacial score (nSPS) is 18.7. The first-order valence-electron chi connectivity index (χ1n) is 11.0. The largest absolute Gasteiger partial charge is 0.370 e. The highest BCUT2D eigenvalue weighted by Crippen LogP contribution is 2.29. The summed E-state index contributed by atoms with van der Waals surface area (Å²) in [5.74, 6) is 1.60. The fourth-order valence-corrected chi connectivity index (χ4v) is 4.26. The topological polar surface area (TPSA) is 102 Å². The lowest BCUT2D eigenvalue weighted by molar-refractivity contribution is 0.405. The summed E-state index contributed by atoms with van der Waals surface area (Å²) in [7, 11) is 0. The number of nitrogens with zero attached hydrogens (tertiary/aromatic N) is 3. The average molecular weight is 449 g/mol. The van der Waals surface area contributed by atoms with Crippen molar-refractivity contribution in [1.82, 2.24) is 9.97 Å². The number of nitrogens with one attached hydrogen (secondary N) is 1. The molecule has 1 aromatic heterocycles. The predicted octanol–water partition coefficient (Wildman–Crippen LogP) is 5.07. The van der Waals surface area contributed by atoms with Gasteiger partial charge in [0, 0.05) is 10.4 Å². The maximum Gasteiger partial charge on any atom is 0.186 e. The number of nitrogens with two attached hydrogens (primary N) is 2. The van der Waals surface area contributed by atoms with Crippen LogP contribution in [0.25, 0.3) is 23.1 Å². The van der Waals surface area contributed by atoms with Crippen molar-refractivity contribution in [3.05, 3.63) is 63.9 Å². The first-order chi connectivity index (χ1) is 15.4. The zero-order chi connectivity index (χ0) is 22.7. The number of fused-ring (bicyclic) bond motifs is 1. The Balaban J connectivity index is 1.73. The number of hydrogen-bond acceptors (Lipinski definition) is 4. The molecule has 1 heterocycles. The van der Waals surface area contributed by atoms with Crippen molar-refractivity contribution < 1.29 is 0 Å². The number of guanidine groups is 1. The van der Waals surface area contributed by atoms with Crippen LogP contribution in [0.5, 0.6) is 0 Å². The third-order valence-electron chi connectivity index (χ3n) is 5.99. The van der Waals surface area contributed by atoms with Crippen LogP contribution in [0.2, 0.25) is 5.02 Å². The predicted molar refractivity (Wildman–Crippen MR) is 135 cm³/mol. The summed E-state index contributed by atoms with van der Waals surface area (Å²) in [6.07, 6.45) is 8.13. The van der Waals surface area contributed by atoms with E-state index in [9.17, 15) is 0 Å². The summed E-state index contributed by atoms with van der Waals surface area (Å²) in [4.78, 5) is 14.1. The Morgan fingerprint density at radius 2 is 1.75 bits per heavy atom. The summed E-state index contributed by atoms with van der Waals surface area (Å²) >= 11 is 6.00. The lowest BCUT2D eigenvalue weighted by atomic mass is 9.90. The second kappa shape index (κ2) is 9.57.